The summed E-state index contributed by atoms with van der Waals surface area (Å²) in [6.07, 6.45) is 2.26. The number of nitrogens with zero attached hydrogens (tertiary/aromatic N) is 3. The van der Waals surface area contributed by atoms with Crippen LogP contribution in [0.4, 0.5) is 11.4 Å². The fourth-order valence-electron chi connectivity index (χ4n) is 5.99. The highest BCUT2D eigenvalue weighted by Crippen LogP contribution is 2.44. The van der Waals surface area contributed by atoms with Crippen molar-refractivity contribution in [2.45, 2.75) is 46.2 Å². The Kier molecular flexibility index (Phi) is 7.05. The second-order valence-corrected chi connectivity index (χ2v) is 10.9. The molecule has 0 saturated carbocycles. The van der Waals surface area contributed by atoms with Crippen LogP contribution in [0.5, 0.6) is 0 Å². The highest BCUT2D eigenvalue weighted by atomic mass is 32.1. The molecule has 2 N–H and O–H groups in total. The number of nitrogens with one attached hydrogen (secondary N) is 2. The molecule has 1 fully saturated rings. The van der Waals surface area contributed by atoms with Crippen LogP contribution in [-0.4, -0.2) is 20.6 Å². The number of aromatic nitrogens is 2. The molecule has 1 amide bonds. The quantitative estimate of drug-likeness (QED) is 0.211. The van der Waals surface area contributed by atoms with Crippen LogP contribution in [0.25, 0.3) is 16.5 Å². The summed E-state index contributed by atoms with van der Waals surface area (Å²) < 4.78 is 2.35. The molecule has 0 aliphatic carbocycles. The summed E-state index contributed by atoms with van der Waals surface area (Å²) in [6.45, 7) is 8.21. The molecule has 0 spiro atoms. The Morgan fingerprint density at radius 3 is 2.51 bits per heavy atom. The molecular weight excluding hydrogens is 526 g/mol. The van der Waals surface area contributed by atoms with Gasteiger partial charge < -0.3 is 20.1 Å². The molecular formula is C34H33N5OS. The first-order valence-electron chi connectivity index (χ1n) is 14.0. The molecule has 3 heterocycles. The Labute approximate surface area is 246 Å². The summed E-state index contributed by atoms with van der Waals surface area (Å²) in [7, 11) is 0. The van der Waals surface area contributed by atoms with Crippen LogP contribution in [0.3, 0.4) is 0 Å². The molecule has 1 aliphatic heterocycles. The second kappa shape index (κ2) is 10.8. The Bertz CT molecular complexity index is 1770. The van der Waals surface area contributed by atoms with E-state index in [-0.39, 0.29) is 18.0 Å². The molecule has 41 heavy (non-hydrogen) atoms. The lowest BCUT2D eigenvalue weighted by Gasteiger charge is -2.29. The van der Waals surface area contributed by atoms with Crippen molar-refractivity contribution in [2.24, 2.45) is 0 Å². The number of rotatable bonds is 6. The predicted octanol–water partition coefficient (Wildman–Crippen LogP) is 7.48. The SMILES string of the molecule is CCC(=O)Nc1ccc(N2C(=S)NC(c3ccccn3)C2c2cc(C)n(-c3cccc4ccccc34)c2C)cc1C. The van der Waals surface area contributed by atoms with Gasteiger partial charge in [-0.05, 0) is 92.0 Å². The Morgan fingerprint density at radius 1 is 0.976 bits per heavy atom. The van der Waals surface area contributed by atoms with Gasteiger partial charge in [-0.2, -0.15) is 0 Å². The van der Waals surface area contributed by atoms with Crippen LogP contribution in [0, 0.1) is 20.8 Å². The summed E-state index contributed by atoms with van der Waals surface area (Å²) >= 11 is 5.99. The van der Waals surface area contributed by atoms with Crippen LogP contribution < -0.4 is 15.5 Å². The topological polar surface area (TPSA) is 62.2 Å². The zero-order valence-electron chi connectivity index (χ0n) is 23.7. The van der Waals surface area contributed by atoms with E-state index in [0.717, 1.165) is 39.7 Å². The van der Waals surface area contributed by atoms with Crippen molar-refractivity contribution < 1.29 is 4.79 Å². The summed E-state index contributed by atoms with van der Waals surface area (Å²) in [5.41, 5.74) is 8.34. The zero-order chi connectivity index (χ0) is 28.7. The summed E-state index contributed by atoms with van der Waals surface area (Å²) in [4.78, 5) is 19.0. The minimum Gasteiger partial charge on any atom is -0.351 e. The third kappa shape index (κ3) is 4.76. The Hall–Kier alpha value is -4.49. The molecule has 6 rings (SSSR count). The largest absolute Gasteiger partial charge is 0.351 e. The number of thiocarbonyl (C=S) groups is 1. The Balaban J connectivity index is 1.50. The fourth-order valence-corrected chi connectivity index (χ4v) is 6.33. The molecule has 2 atom stereocenters. The monoisotopic (exact) mass is 559 g/mol. The lowest BCUT2D eigenvalue weighted by Crippen LogP contribution is -2.29. The van der Waals surface area contributed by atoms with Crippen molar-refractivity contribution in [3.63, 3.8) is 0 Å². The normalized spacial score (nSPS) is 16.7. The third-order valence-electron chi connectivity index (χ3n) is 7.98. The van der Waals surface area contributed by atoms with Crippen LogP contribution in [-0.2, 0) is 4.79 Å². The lowest BCUT2D eigenvalue weighted by molar-refractivity contribution is -0.115. The molecule has 1 aliphatic rings. The summed E-state index contributed by atoms with van der Waals surface area (Å²) in [5, 5.41) is 9.65. The summed E-state index contributed by atoms with van der Waals surface area (Å²) in [5.74, 6) is -0.00632. The number of carbonyl (C=O) groups excluding carboxylic acids is 1. The number of anilines is 2. The van der Waals surface area contributed by atoms with Crippen molar-refractivity contribution >= 4 is 45.4 Å². The molecule has 7 heteroatoms. The van der Waals surface area contributed by atoms with Gasteiger partial charge in [0.05, 0.1) is 23.5 Å². The van der Waals surface area contributed by atoms with E-state index in [1.807, 2.05) is 44.3 Å². The van der Waals surface area contributed by atoms with E-state index in [1.54, 1.807) is 0 Å². The van der Waals surface area contributed by atoms with Crippen molar-refractivity contribution in [1.82, 2.24) is 14.9 Å². The van der Waals surface area contributed by atoms with E-state index in [2.05, 4.69) is 94.6 Å². The zero-order valence-corrected chi connectivity index (χ0v) is 24.5. The Morgan fingerprint density at radius 2 is 1.76 bits per heavy atom. The van der Waals surface area contributed by atoms with Gasteiger partial charge in [0.25, 0.3) is 0 Å². The number of carbonyl (C=O) groups is 1. The van der Waals surface area contributed by atoms with Gasteiger partial charge in [-0.15, -0.1) is 0 Å². The maximum absolute atomic E-state index is 12.1. The minimum absolute atomic E-state index is 0.00632. The maximum atomic E-state index is 12.1. The number of aryl methyl sites for hydroxylation is 2. The molecule has 1 saturated heterocycles. The smallest absolute Gasteiger partial charge is 0.224 e. The number of fused-ring (bicyclic) bond motifs is 1. The standard InChI is InChI=1S/C34H33N5OS/c1-5-31(40)36-28-17-16-25(19-21(28)2)39-33(32(37-34(39)41)29-14-8-9-18-35-29)27-20-22(3)38(23(27)4)30-15-10-12-24-11-6-7-13-26(24)30/h6-20,32-33H,5H2,1-4H3,(H,36,40)(H,37,41). The number of pyridine rings is 1. The van der Waals surface area contributed by atoms with Gasteiger partial charge in [-0.3, -0.25) is 9.78 Å². The second-order valence-electron chi connectivity index (χ2n) is 10.6. The van der Waals surface area contributed by atoms with E-state index in [4.69, 9.17) is 17.2 Å². The maximum Gasteiger partial charge on any atom is 0.224 e. The van der Waals surface area contributed by atoms with E-state index in [1.165, 1.54) is 16.3 Å². The van der Waals surface area contributed by atoms with Crippen molar-refractivity contribution in [3.8, 4) is 5.69 Å². The number of benzene rings is 3. The van der Waals surface area contributed by atoms with Crippen LogP contribution in [0.1, 0.15) is 53.6 Å². The van der Waals surface area contributed by atoms with Gasteiger partial charge in [0.2, 0.25) is 5.91 Å². The van der Waals surface area contributed by atoms with E-state index < -0.39 is 0 Å². The number of amides is 1. The highest BCUT2D eigenvalue weighted by Gasteiger charge is 2.42. The average Bonchev–Trinajstić information content (AvgIpc) is 3.48. The van der Waals surface area contributed by atoms with Gasteiger partial charge in [0, 0.05) is 40.8 Å². The molecule has 2 aromatic heterocycles. The molecule has 0 radical (unpaired) electrons. The van der Waals surface area contributed by atoms with Gasteiger partial charge in [-0.25, -0.2) is 0 Å². The van der Waals surface area contributed by atoms with Crippen LogP contribution >= 0.6 is 12.2 Å². The van der Waals surface area contributed by atoms with Gasteiger partial charge in [0.15, 0.2) is 5.11 Å². The van der Waals surface area contributed by atoms with Crippen LogP contribution in [0.15, 0.2) is 91.1 Å². The van der Waals surface area contributed by atoms with Crippen molar-refractivity contribution in [3.05, 3.63) is 119 Å². The number of hydrogen-bond donors (Lipinski definition) is 2. The molecule has 2 unspecified atom stereocenters. The van der Waals surface area contributed by atoms with E-state index in [0.29, 0.717) is 11.5 Å². The molecule has 5 aromatic rings. The molecule has 0 bridgehead atoms. The highest BCUT2D eigenvalue weighted by molar-refractivity contribution is 7.80. The van der Waals surface area contributed by atoms with E-state index in [9.17, 15) is 4.79 Å². The molecule has 206 valence electrons. The molecule has 6 nitrogen and oxygen atoms in total. The van der Waals surface area contributed by atoms with Gasteiger partial charge in [0.1, 0.15) is 0 Å². The first kappa shape index (κ1) is 26.7. The average molecular weight is 560 g/mol. The first-order valence-corrected chi connectivity index (χ1v) is 14.4. The van der Waals surface area contributed by atoms with Crippen molar-refractivity contribution in [1.29, 1.82) is 0 Å². The van der Waals surface area contributed by atoms with Crippen molar-refractivity contribution in [2.75, 3.05) is 10.2 Å². The predicted molar refractivity (Wildman–Crippen MR) is 171 cm³/mol. The third-order valence-corrected chi connectivity index (χ3v) is 8.29. The van der Waals surface area contributed by atoms with Gasteiger partial charge in [-0.1, -0.05) is 49.4 Å². The number of hydrogen-bond acceptors (Lipinski definition) is 3. The molecule has 3 aromatic carbocycles. The van der Waals surface area contributed by atoms with E-state index >= 15 is 0 Å². The first-order chi connectivity index (χ1) is 19.9. The minimum atomic E-state index is -0.148. The van der Waals surface area contributed by atoms with Gasteiger partial charge >= 0.3 is 0 Å². The van der Waals surface area contributed by atoms with Crippen LogP contribution in [0.2, 0.25) is 0 Å². The lowest BCUT2D eigenvalue weighted by atomic mass is 9.96. The summed E-state index contributed by atoms with van der Waals surface area (Å²) in [6, 6.07) is 29.0. The fraction of sp³-hybridized carbons (Fsp3) is 0.206.